The van der Waals surface area contributed by atoms with Gasteiger partial charge in [0.1, 0.15) is 5.75 Å². The number of nitrogens with one attached hydrogen (secondary N) is 1. The van der Waals surface area contributed by atoms with Crippen LogP contribution in [0.4, 0.5) is 5.69 Å². The van der Waals surface area contributed by atoms with E-state index in [-0.39, 0.29) is 22.4 Å². The highest BCUT2D eigenvalue weighted by Gasteiger charge is 2.18. The lowest BCUT2D eigenvalue weighted by Gasteiger charge is -2.22. The summed E-state index contributed by atoms with van der Waals surface area (Å²) in [6, 6.07) is 10.9. The fourth-order valence-corrected chi connectivity index (χ4v) is 3.46. The van der Waals surface area contributed by atoms with Gasteiger partial charge in [-0.2, -0.15) is 0 Å². The number of carboxylic acids is 1. The molecule has 3 N–H and O–H groups in total. The van der Waals surface area contributed by atoms with Gasteiger partial charge in [-0.15, -0.1) is 0 Å². The Kier molecular flexibility index (Phi) is 5.56. The maximum atomic E-state index is 12.7. The molecule has 0 radical (unpaired) electrons. The van der Waals surface area contributed by atoms with Crippen LogP contribution in [0.3, 0.4) is 0 Å². The fraction of sp³-hybridized carbons (Fsp3) is 0.333. The smallest absolute Gasteiger partial charge is 0.335 e. The Hall–Kier alpha value is -2.82. The second-order valence-electron chi connectivity index (χ2n) is 6.80. The molecule has 2 aromatic carbocycles. The van der Waals surface area contributed by atoms with Crippen molar-refractivity contribution in [1.29, 1.82) is 0 Å². The lowest BCUT2D eigenvalue weighted by atomic mass is 9.89. The van der Waals surface area contributed by atoms with Crippen molar-refractivity contribution in [2.45, 2.75) is 32.1 Å². The number of para-hydroxylation sites is 1. The molecule has 1 saturated carbocycles. The van der Waals surface area contributed by atoms with Gasteiger partial charge in [-0.25, -0.2) is 4.79 Å². The number of phenols is 1. The second-order valence-corrected chi connectivity index (χ2v) is 6.80. The minimum atomic E-state index is -1.09. The summed E-state index contributed by atoms with van der Waals surface area (Å²) >= 11 is 0. The number of hydrogen-bond donors (Lipinski definition) is 3. The average Bonchev–Trinajstić information content (AvgIpc) is 2.67. The first kappa shape index (κ1) is 18.0. The zero-order valence-corrected chi connectivity index (χ0v) is 14.6. The Morgan fingerprint density at radius 3 is 2.42 bits per heavy atom. The summed E-state index contributed by atoms with van der Waals surface area (Å²) < 4.78 is 0. The van der Waals surface area contributed by atoms with E-state index in [1.165, 1.54) is 50.3 Å². The molecule has 0 aromatic heterocycles. The van der Waals surface area contributed by atoms with Crippen molar-refractivity contribution in [3.05, 3.63) is 59.2 Å². The number of phenolic OH excluding ortho intramolecular Hbond substituents is 1. The maximum absolute atomic E-state index is 12.7. The predicted molar refractivity (Wildman–Crippen MR) is 100 cm³/mol. The maximum Gasteiger partial charge on any atom is 0.335 e. The summed E-state index contributed by atoms with van der Waals surface area (Å²) in [7, 11) is 0. The van der Waals surface area contributed by atoms with E-state index >= 15 is 0 Å². The predicted octanol–water partition coefficient (Wildman–Crippen LogP) is 4.31. The summed E-state index contributed by atoms with van der Waals surface area (Å²) in [5.74, 6) is -0.984. The summed E-state index contributed by atoms with van der Waals surface area (Å²) in [6.07, 6.45) is 6.16. The minimum absolute atomic E-state index is 0.0434. The van der Waals surface area contributed by atoms with Crippen LogP contribution < -0.4 is 5.32 Å². The Labute approximate surface area is 152 Å². The first-order valence-corrected chi connectivity index (χ1v) is 9.00. The van der Waals surface area contributed by atoms with E-state index in [2.05, 4.69) is 5.32 Å². The number of hydrogen-bond acceptors (Lipinski definition) is 4. The molecular formula is C21H23NO4. The number of ketones is 1. The quantitative estimate of drug-likeness (QED) is 0.532. The van der Waals surface area contributed by atoms with Crippen LogP contribution in [0.5, 0.6) is 5.75 Å². The van der Waals surface area contributed by atoms with Gasteiger partial charge in [0.2, 0.25) is 0 Å². The zero-order chi connectivity index (χ0) is 18.5. The van der Waals surface area contributed by atoms with Crippen LogP contribution in [0.1, 0.15) is 58.4 Å². The Bertz CT molecular complexity index is 809. The van der Waals surface area contributed by atoms with Crippen molar-refractivity contribution in [2.24, 2.45) is 5.92 Å². The highest BCUT2D eigenvalue weighted by atomic mass is 16.4. The average molecular weight is 353 g/mol. The van der Waals surface area contributed by atoms with Crippen molar-refractivity contribution in [3.63, 3.8) is 0 Å². The topological polar surface area (TPSA) is 86.6 Å². The third-order valence-corrected chi connectivity index (χ3v) is 4.96. The highest BCUT2D eigenvalue weighted by molar-refractivity contribution is 6.12. The van der Waals surface area contributed by atoms with E-state index in [1.54, 1.807) is 24.3 Å². The van der Waals surface area contributed by atoms with Crippen molar-refractivity contribution in [1.82, 2.24) is 0 Å². The van der Waals surface area contributed by atoms with Crippen molar-refractivity contribution in [2.75, 3.05) is 11.9 Å². The van der Waals surface area contributed by atoms with Crippen LogP contribution in [0.25, 0.3) is 0 Å². The number of carbonyl (C=O) groups is 2. The van der Waals surface area contributed by atoms with Crippen LogP contribution in [0.2, 0.25) is 0 Å². The molecule has 136 valence electrons. The van der Waals surface area contributed by atoms with Crippen molar-refractivity contribution >= 4 is 17.4 Å². The number of aromatic carboxylic acids is 1. The molecule has 5 nitrogen and oxygen atoms in total. The molecule has 0 spiro atoms. The second kappa shape index (κ2) is 8.04. The van der Waals surface area contributed by atoms with Gasteiger partial charge in [0, 0.05) is 12.1 Å². The lowest BCUT2D eigenvalue weighted by Crippen LogP contribution is -2.17. The van der Waals surface area contributed by atoms with Gasteiger partial charge in [-0.3, -0.25) is 4.79 Å². The third kappa shape index (κ3) is 4.04. The molecule has 5 heteroatoms. The van der Waals surface area contributed by atoms with Crippen molar-refractivity contribution < 1.29 is 19.8 Å². The van der Waals surface area contributed by atoms with E-state index in [9.17, 15) is 14.7 Å². The molecule has 1 aliphatic rings. The molecule has 3 rings (SSSR count). The van der Waals surface area contributed by atoms with Gasteiger partial charge in [0.05, 0.1) is 16.8 Å². The first-order valence-electron chi connectivity index (χ1n) is 9.00. The molecule has 0 atom stereocenters. The molecule has 1 aliphatic carbocycles. The Morgan fingerprint density at radius 2 is 1.69 bits per heavy atom. The van der Waals surface area contributed by atoms with Gasteiger partial charge < -0.3 is 15.5 Å². The largest absolute Gasteiger partial charge is 0.505 e. The Balaban J connectivity index is 1.78. The highest BCUT2D eigenvalue weighted by Crippen LogP contribution is 2.31. The number of aromatic hydroxyl groups is 1. The SMILES string of the molecule is O=C(O)c1cccc(C(=O)c2cccc(NCC3CCCCC3)c2O)c1. The molecule has 0 saturated heterocycles. The first-order chi connectivity index (χ1) is 12.6. The minimum Gasteiger partial charge on any atom is -0.505 e. The van der Waals surface area contributed by atoms with Crippen molar-refractivity contribution in [3.8, 4) is 5.75 Å². The van der Waals surface area contributed by atoms with Gasteiger partial charge >= 0.3 is 5.97 Å². The standard InChI is InChI=1S/C21H23NO4/c23-19(15-8-4-9-16(12-15)21(25)26)17-10-5-11-18(20(17)24)22-13-14-6-2-1-3-7-14/h4-5,8-12,14,22,24H,1-3,6-7,13H2,(H,25,26). The molecular weight excluding hydrogens is 330 g/mol. The molecule has 0 aliphatic heterocycles. The summed E-state index contributed by atoms with van der Waals surface area (Å²) in [4.78, 5) is 23.8. The van der Waals surface area contributed by atoms with Gasteiger partial charge in [-0.05, 0) is 43.0 Å². The summed E-state index contributed by atoms with van der Waals surface area (Å²) in [5.41, 5.74) is 0.989. The fourth-order valence-electron chi connectivity index (χ4n) is 3.46. The monoisotopic (exact) mass is 353 g/mol. The third-order valence-electron chi connectivity index (χ3n) is 4.96. The molecule has 0 heterocycles. The van der Waals surface area contributed by atoms with E-state index in [4.69, 9.17) is 5.11 Å². The van der Waals surface area contributed by atoms with Gasteiger partial charge in [-0.1, -0.05) is 37.5 Å². The van der Waals surface area contributed by atoms with E-state index in [0.717, 1.165) is 6.54 Å². The van der Waals surface area contributed by atoms with E-state index in [0.29, 0.717) is 11.6 Å². The molecule has 2 aromatic rings. The molecule has 0 unspecified atom stereocenters. The zero-order valence-electron chi connectivity index (χ0n) is 14.6. The van der Waals surface area contributed by atoms with Crippen LogP contribution >= 0.6 is 0 Å². The molecule has 1 fully saturated rings. The lowest BCUT2D eigenvalue weighted by molar-refractivity contribution is 0.0697. The van der Waals surface area contributed by atoms with E-state index < -0.39 is 11.8 Å². The Morgan fingerprint density at radius 1 is 1.00 bits per heavy atom. The van der Waals surface area contributed by atoms with Crippen LogP contribution in [-0.4, -0.2) is 28.5 Å². The molecule has 0 amide bonds. The van der Waals surface area contributed by atoms with Crippen LogP contribution in [0.15, 0.2) is 42.5 Å². The summed E-state index contributed by atoms with van der Waals surface area (Å²) in [5, 5.41) is 22.9. The van der Waals surface area contributed by atoms with Gasteiger partial charge in [0.25, 0.3) is 0 Å². The number of rotatable bonds is 6. The number of carboxylic acid groups (broad SMARTS) is 1. The van der Waals surface area contributed by atoms with Crippen LogP contribution in [0, 0.1) is 5.92 Å². The molecule has 26 heavy (non-hydrogen) atoms. The van der Waals surface area contributed by atoms with Crippen LogP contribution in [-0.2, 0) is 0 Å². The number of benzene rings is 2. The normalized spacial score (nSPS) is 14.8. The number of carbonyl (C=O) groups excluding carboxylic acids is 1. The number of anilines is 1. The molecule has 0 bridgehead atoms. The van der Waals surface area contributed by atoms with Gasteiger partial charge in [0.15, 0.2) is 5.78 Å². The summed E-state index contributed by atoms with van der Waals surface area (Å²) in [6.45, 7) is 0.777. The van der Waals surface area contributed by atoms with E-state index in [1.807, 2.05) is 0 Å².